The van der Waals surface area contributed by atoms with E-state index in [1.54, 1.807) is 0 Å². The Bertz CT molecular complexity index is 258. The average Bonchev–Trinajstić information content (AvgIpc) is 2.15. The third-order valence-electron chi connectivity index (χ3n) is 1.88. The minimum absolute atomic E-state index is 0.143. The van der Waals surface area contributed by atoms with Gasteiger partial charge in [-0.25, -0.2) is 4.39 Å². The van der Waals surface area contributed by atoms with Gasteiger partial charge in [0.25, 0.3) is 0 Å². The van der Waals surface area contributed by atoms with Crippen LogP contribution >= 0.6 is 0 Å². The maximum absolute atomic E-state index is 11.9. The summed E-state index contributed by atoms with van der Waals surface area (Å²) in [6, 6.07) is 7.76. The first-order chi connectivity index (χ1) is 6.25. The first-order valence-corrected chi connectivity index (χ1v) is 4.53. The Hall–Kier alpha value is -1.05. The fraction of sp³-hybridized carbons (Fsp3) is 0.455. The summed E-state index contributed by atoms with van der Waals surface area (Å²) in [5.41, 5.74) is 1.14. The molecule has 1 nitrogen and oxygen atoms in total. The largest absolute Gasteiger partial charge is 0.491 e. The Morgan fingerprint density at radius 2 is 2.00 bits per heavy atom. The second-order valence-corrected chi connectivity index (χ2v) is 3.23. The van der Waals surface area contributed by atoms with Gasteiger partial charge in [0.15, 0.2) is 0 Å². The topological polar surface area (TPSA) is 9.23 Å². The van der Waals surface area contributed by atoms with E-state index in [-0.39, 0.29) is 6.61 Å². The lowest BCUT2D eigenvalue weighted by molar-refractivity contribution is 0.270. The number of benzene rings is 1. The van der Waals surface area contributed by atoms with Crippen molar-refractivity contribution in [1.82, 2.24) is 0 Å². The van der Waals surface area contributed by atoms with Gasteiger partial charge in [0.05, 0.1) is 0 Å². The van der Waals surface area contributed by atoms with Crippen LogP contribution in [0, 0.1) is 0 Å². The van der Waals surface area contributed by atoms with Gasteiger partial charge in [-0.2, -0.15) is 0 Å². The zero-order chi connectivity index (χ0) is 9.68. The molecule has 0 aromatic heterocycles. The number of halogens is 1. The maximum atomic E-state index is 11.9. The smallest absolute Gasteiger partial charge is 0.123 e. The van der Waals surface area contributed by atoms with Crippen LogP contribution < -0.4 is 4.74 Å². The second kappa shape index (κ2) is 4.85. The molecule has 0 aliphatic rings. The molecule has 0 heterocycles. The number of para-hydroxylation sites is 1. The molecule has 0 bridgehead atoms. The summed E-state index contributed by atoms with van der Waals surface area (Å²) < 4.78 is 17.2. The lowest BCUT2D eigenvalue weighted by atomic mass is 10.0. The third-order valence-corrected chi connectivity index (χ3v) is 1.88. The van der Waals surface area contributed by atoms with Gasteiger partial charge in [-0.3, -0.25) is 0 Å². The lowest BCUT2D eigenvalue weighted by Gasteiger charge is -2.12. The van der Waals surface area contributed by atoms with Crippen molar-refractivity contribution in [3.05, 3.63) is 29.8 Å². The molecule has 0 saturated carbocycles. The number of hydrogen-bond acceptors (Lipinski definition) is 1. The van der Waals surface area contributed by atoms with Crippen molar-refractivity contribution >= 4 is 0 Å². The van der Waals surface area contributed by atoms with Gasteiger partial charge in [0.1, 0.15) is 19.0 Å². The molecule has 0 amide bonds. The van der Waals surface area contributed by atoms with E-state index in [9.17, 15) is 4.39 Å². The van der Waals surface area contributed by atoms with Crippen LogP contribution in [0.1, 0.15) is 25.3 Å². The standard InChI is InChI=1S/C11H15FO/c1-9(2)10-5-3-4-6-11(10)13-8-7-12/h3-6,9H,7-8H2,1-2H3. The predicted octanol–water partition coefficient (Wildman–Crippen LogP) is 3.16. The van der Waals surface area contributed by atoms with Crippen molar-refractivity contribution < 1.29 is 9.13 Å². The van der Waals surface area contributed by atoms with Crippen molar-refractivity contribution in [3.8, 4) is 5.75 Å². The van der Waals surface area contributed by atoms with E-state index < -0.39 is 6.67 Å². The first kappa shape index (κ1) is 10.0. The Morgan fingerprint density at radius 1 is 1.31 bits per heavy atom. The highest BCUT2D eigenvalue weighted by Gasteiger charge is 2.05. The van der Waals surface area contributed by atoms with Crippen LogP contribution in [-0.2, 0) is 0 Å². The minimum Gasteiger partial charge on any atom is -0.491 e. The van der Waals surface area contributed by atoms with Crippen LogP contribution in [0.15, 0.2) is 24.3 Å². The maximum Gasteiger partial charge on any atom is 0.123 e. The van der Waals surface area contributed by atoms with Crippen LogP contribution in [0.2, 0.25) is 0 Å². The van der Waals surface area contributed by atoms with Crippen LogP contribution in [0.5, 0.6) is 5.75 Å². The van der Waals surface area contributed by atoms with E-state index in [2.05, 4.69) is 13.8 Å². The summed E-state index contributed by atoms with van der Waals surface area (Å²) in [4.78, 5) is 0. The van der Waals surface area contributed by atoms with E-state index >= 15 is 0 Å². The highest BCUT2D eigenvalue weighted by molar-refractivity contribution is 5.35. The summed E-state index contributed by atoms with van der Waals surface area (Å²) in [6.45, 7) is 3.89. The predicted molar refractivity (Wildman–Crippen MR) is 52.0 cm³/mol. The molecule has 0 unspecified atom stereocenters. The number of ether oxygens (including phenoxy) is 1. The van der Waals surface area contributed by atoms with E-state index in [4.69, 9.17) is 4.74 Å². The summed E-state index contributed by atoms with van der Waals surface area (Å²) >= 11 is 0. The summed E-state index contributed by atoms with van der Waals surface area (Å²) in [5.74, 6) is 1.21. The van der Waals surface area contributed by atoms with Crippen LogP contribution in [0.3, 0.4) is 0 Å². The molecule has 13 heavy (non-hydrogen) atoms. The molecule has 1 aromatic carbocycles. The van der Waals surface area contributed by atoms with Crippen molar-refractivity contribution in [1.29, 1.82) is 0 Å². The highest BCUT2D eigenvalue weighted by atomic mass is 19.1. The average molecular weight is 182 g/mol. The molecule has 1 rings (SSSR count). The quantitative estimate of drug-likeness (QED) is 0.695. The molecule has 0 spiro atoms. The Morgan fingerprint density at radius 3 is 2.62 bits per heavy atom. The van der Waals surface area contributed by atoms with E-state index in [0.717, 1.165) is 11.3 Å². The molecule has 0 radical (unpaired) electrons. The molecule has 1 aromatic rings. The number of alkyl halides is 1. The number of hydrogen-bond donors (Lipinski definition) is 0. The van der Waals surface area contributed by atoms with Crippen LogP contribution in [0.25, 0.3) is 0 Å². The van der Waals surface area contributed by atoms with Crippen molar-refractivity contribution in [2.24, 2.45) is 0 Å². The molecule has 0 N–H and O–H groups in total. The molecule has 72 valence electrons. The second-order valence-electron chi connectivity index (χ2n) is 3.23. The Kier molecular flexibility index (Phi) is 3.74. The summed E-state index contributed by atoms with van der Waals surface area (Å²) in [7, 11) is 0. The van der Waals surface area contributed by atoms with Gasteiger partial charge in [-0.15, -0.1) is 0 Å². The molecule has 0 aliphatic heterocycles. The summed E-state index contributed by atoms with van der Waals surface area (Å²) in [5, 5.41) is 0. The van der Waals surface area contributed by atoms with Crippen LogP contribution in [0.4, 0.5) is 4.39 Å². The zero-order valence-electron chi connectivity index (χ0n) is 8.09. The molecule has 0 fully saturated rings. The van der Waals surface area contributed by atoms with Gasteiger partial charge in [-0.1, -0.05) is 32.0 Å². The Balaban J connectivity index is 2.78. The molecule has 0 saturated heterocycles. The van der Waals surface area contributed by atoms with Gasteiger partial charge in [-0.05, 0) is 17.5 Å². The van der Waals surface area contributed by atoms with E-state index in [1.807, 2.05) is 24.3 Å². The molecular weight excluding hydrogens is 167 g/mol. The molecule has 2 heteroatoms. The van der Waals surface area contributed by atoms with E-state index in [0.29, 0.717) is 5.92 Å². The van der Waals surface area contributed by atoms with Crippen molar-refractivity contribution in [3.63, 3.8) is 0 Å². The van der Waals surface area contributed by atoms with Crippen molar-refractivity contribution in [2.45, 2.75) is 19.8 Å². The van der Waals surface area contributed by atoms with Gasteiger partial charge >= 0.3 is 0 Å². The SMILES string of the molecule is CC(C)c1ccccc1OCCF. The minimum atomic E-state index is -0.438. The monoisotopic (exact) mass is 182 g/mol. The van der Waals surface area contributed by atoms with Crippen molar-refractivity contribution in [2.75, 3.05) is 13.3 Å². The number of rotatable bonds is 4. The fourth-order valence-corrected chi connectivity index (χ4v) is 1.24. The lowest BCUT2D eigenvalue weighted by Crippen LogP contribution is -2.02. The van der Waals surface area contributed by atoms with E-state index in [1.165, 1.54) is 0 Å². The molecule has 0 aliphatic carbocycles. The fourth-order valence-electron chi connectivity index (χ4n) is 1.24. The van der Waals surface area contributed by atoms with Gasteiger partial charge < -0.3 is 4.74 Å². The highest BCUT2D eigenvalue weighted by Crippen LogP contribution is 2.25. The molecular formula is C11H15FO. The molecule has 0 atom stereocenters. The third kappa shape index (κ3) is 2.72. The first-order valence-electron chi connectivity index (χ1n) is 4.53. The Labute approximate surface area is 78.5 Å². The van der Waals surface area contributed by atoms with Gasteiger partial charge in [0.2, 0.25) is 0 Å². The normalized spacial score (nSPS) is 10.5. The van der Waals surface area contributed by atoms with Crippen LogP contribution in [-0.4, -0.2) is 13.3 Å². The van der Waals surface area contributed by atoms with Gasteiger partial charge in [0, 0.05) is 0 Å². The zero-order valence-corrected chi connectivity index (χ0v) is 8.09. The summed E-state index contributed by atoms with van der Waals surface area (Å²) in [6.07, 6.45) is 0.